The molecule has 0 amide bonds. The van der Waals surface area contributed by atoms with Gasteiger partial charge in [-0.25, -0.2) is 0 Å². The Balaban J connectivity index is 2.46. The molecule has 1 heterocycles. The number of esters is 1. The van der Waals surface area contributed by atoms with E-state index in [-0.39, 0.29) is 18.7 Å². The summed E-state index contributed by atoms with van der Waals surface area (Å²) in [7, 11) is 0. The standard InChI is InChI=1S/C10H12O4/c1-3-10-9(12)5-4-8(14-10)6-13-7(2)11/h1,4-5,8-10,12H,6H2,2H3/t8-,9+,10+/m0/s1. The van der Waals surface area contributed by atoms with E-state index >= 15 is 0 Å². The number of hydrogen-bond acceptors (Lipinski definition) is 4. The Morgan fingerprint density at radius 3 is 3.00 bits per heavy atom. The Kier molecular flexibility index (Phi) is 3.69. The third-order valence-electron chi connectivity index (χ3n) is 1.77. The van der Waals surface area contributed by atoms with E-state index in [9.17, 15) is 9.90 Å². The van der Waals surface area contributed by atoms with Crippen LogP contribution in [0.15, 0.2) is 12.2 Å². The lowest BCUT2D eigenvalue weighted by Gasteiger charge is -2.25. The minimum absolute atomic E-state index is 0.122. The number of rotatable bonds is 2. The Labute approximate surface area is 82.5 Å². The van der Waals surface area contributed by atoms with Crippen LogP contribution in [0.4, 0.5) is 0 Å². The Hall–Kier alpha value is -1.31. The van der Waals surface area contributed by atoms with Gasteiger partial charge in [-0.1, -0.05) is 18.1 Å². The summed E-state index contributed by atoms with van der Waals surface area (Å²) in [6, 6.07) is 0. The number of aliphatic hydroxyl groups is 1. The lowest BCUT2D eigenvalue weighted by Crippen LogP contribution is -2.36. The zero-order chi connectivity index (χ0) is 10.6. The molecule has 0 aromatic carbocycles. The van der Waals surface area contributed by atoms with E-state index < -0.39 is 12.2 Å². The fourth-order valence-corrected chi connectivity index (χ4v) is 1.09. The SMILES string of the molecule is C#C[C@H]1O[C@H](COC(C)=O)C=C[C@H]1O. The number of terminal acetylenes is 1. The van der Waals surface area contributed by atoms with Crippen LogP contribution < -0.4 is 0 Å². The van der Waals surface area contributed by atoms with Gasteiger partial charge in [0.05, 0.1) is 0 Å². The van der Waals surface area contributed by atoms with Gasteiger partial charge in [0.15, 0.2) is 0 Å². The highest BCUT2D eigenvalue weighted by atomic mass is 16.6. The van der Waals surface area contributed by atoms with Gasteiger partial charge in [-0.2, -0.15) is 0 Å². The Bertz CT molecular complexity index is 276. The summed E-state index contributed by atoms with van der Waals surface area (Å²) in [6.07, 6.45) is 6.48. The van der Waals surface area contributed by atoms with Gasteiger partial charge in [-0.05, 0) is 0 Å². The van der Waals surface area contributed by atoms with Crippen molar-refractivity contribution in [3.8, 4) is 12.3 Å². The average Bonchev–Trinajstić information content (AvgIpc) is 2.16. The minimum atomic E-state index is -0.784. The number of hydrogen-bond donors (Lipinski definition) is 1. The second kappa shape index (κ2) is 4.80. The molecule has 0 aromatic heterocycles. The van der Waals surface area contributed by atoms with Gasteiger partial charge in [0, 0.05) is 6.92 Å². The van der Waals surface area contributed by atoms with Gasteiger partial charge in [0.1, 0.15) is 24.9 Å². The molecule has 0 radical (unpaired) electrons. The predicted octanol–water partition coefficient (Wildman–Crippen LogP) is -0.133. The van der Waals surface area contributed by atoms with Crippen LogP contribution in [0, 0.1) is 12.3 Å². The summed E-state index contributed by atoms with van der Waals surface area (Å²) in [5, 5.41) is 9.30. The van der Waals surface area contributed by atoms with E-state index in [1.165, 1.54) is 6.92 Å². The van der Waals surface area contributed by atoms with E-state index in [1.54, 1.807) is 12.2 Å². The molecule has 4 heteroatoms. The van der Waals surface area contributed by atoms with Crippen molar-refractivity contribution in [3.63, 3.8) is 0 Å². The molecule has 4 nitrogen and oxygen atoms in total. The fraction of sp³-hybridized carbons (Fsp3) is 0.500. The molecule has 76 valence electrons. The summed E-state index contributed by atoms with van der Waals surface area (Å²) < 4.78 is 9.99. The van der Waals surface area contributed by atoms with Crippen molar-refractivity contribution >= 4 is 5.97 Å². The van der Waals surface area contributed by atoms with Crippen molar-refractivity contribution in [2.75, 3.05) is 6.61 Å². The van der Waals surface area contributed by atoms with Crippen LogP contribution >= 0.6 is 0 Å². The van der Waals surface area contributed by atoms with Crippen LogP contribution in [-0.2, 0) is 14.3 Å². The largest absolute Gasteiger partial charge is 0.463 e. The molecular weight excluding hydrogens is 184 g/mol. The third-order valence-corrected chi connectivity index (χ3v) is 1.77. The van der Waals surface area contributed by atoms with E-state index in [0.29, 0.717) is 0 Å². The highest BCUT2D eigenvalue weighted by Gasteiger charge is 2.24. The monoisotopic (exact) mass is 196 g/mol. The molecule has 1 N–H and O–H groups in total. The van der Waals surface area contributed by atoms with Crippen molar-refractivity contribution in [1.29, 1.82) is 0 Å². The lowest BCUT2D eigenvalue weighted by atomic mass is 10.1. The quantitative estimate of drug-likeness (QED) is 0.379. The zero-order valence-corrected chi connectivity index (χ0v) is 7.84. The zero-order valence-electron chi connectivity index (χ0n) is 7.84. The highest BCUT2D eigenvalue weighted by molar-refractivity contribution is 5.65. The fourth-order valence-electron chi connectivity index (χ4n) is 1.09. The van der Waals surface area contributed by atoms with Gasteiger partial charge in [-0.3, -0.25) is 4.79 Å². The first-order valence-electron chi connectivity index (χ1n) is 4.25. The third kappa shape index (κ3) is 2.87. The molecule has 0 unspecified atom stereocenters. The number of carbonyl (C=O) groups is 1. The summed E-state index contributed by atoms with van der Waals surface area (Å²) in [5.74, 6) is 1.94. The van der Waals surface area contributed by atoms with Gasteiger partial charge in [0.25, 0.3) is 0 Å². The first-order chi connectivity index (χ1) is 6.63. The summed E-state index contributed by atoms with van der Waals surface area (Å²) in [4.78, 5) is 10.5. The predicted molar refractivity (Wildman–Crippen MR) is 49.3 cm³/mol. The Morgan fingerprint density at radius 1 is 1.71 bits per heavy atom. The van der Waals surface area contributed by atoms with Crippen molar-refractivity contribution in [2.24, 2.45) is 0 Å². The first-order valence-corrected chi connectivity index (χ1v) is 4.25. The number of aliphatic hydroxyl groups excluding tert-OH is 1. The summed E-state index contributed by atoms with van der Waals surface area (Å²) in [5.41, 5.74) is 0. The maximum absolute atomic E-state index is 10.5. The maximum Gasteiger partial charge on any atom is 0.302 e. The van der Waals surface area contributed by atoms with E-state index in [1.807, 2.05) is 0 Å². The second-order valence-electron chi connectivity index (χ2n) is 2.94. The molecule has 0 saturated carbocycles. The van der Waals surface area contributed by atoms with E-state index in [2.05, 4.69) is 5.92 Å². The van der Waals surface area contributed by atoms with Crippen molar-refractivity contribution in [3.05, 3.63) is 12.2 Å². The van der Waals surface area contributed by atoms with Crippen LogP contribution in [0.2, 0.25) is 0 Å². The molecule has 0 aliphatic carbocycles. The number of carbonyl (C=O) groups excluding carboxylic acids is 1. The van der Waals surface area contributed by atoms with Crippen LogP contribution in [-0.4, -0.2) is 36.0 Å². The van der Waals surface area contributed by atoms with Gasteiger partial charge < -0.3 is 14.6 Å². The molecule has 14 heavy (non-hydrogen) atoms. The number of ether oxygens (including phenoxy) is 2. The summed E-state index contributed by atoms with van der Waals surface area (Å²) in [6.45, 7) is 1.44. The van der Waals surface area contributed by atoms with Gasteiger partial charge >= 0.3 is 5.97 Å². The van der Waals surface area contributed by atoms with E-state index in [4.69, 9.17) is 15.9 Å². The highest BCUT2D eigenvalue weighted by Crippen LogP contribution is 2.12. The average molecular weight is 196 g/mol. The van der Waals surface area contributed by atoms with Crippen LogP contribution in [0.5, 0.6) is 0 Å². The van der Waals surface area contributed by atoms with Crippen molar-refractivity contribution in [2.45, 2.75) is 25.2 Å². The molecule has 3 atom stereocenters. The molecule has 0 aromatic rings. The van der Waals surface area contributed by atoms with Gasteiger partial charge in [-0.15, -0.1) is 6.42 Å². The lowest BCUT2D eigenvalue weighted by molar-refractivity contribution is -0.145. The van der Waals surface area contributed by atoms with Crippen LogP contribution in [0.25, 0.3) is 0 Å². The Morgan fingerprint density at radius 2 is 2.43 bits per heavy atom. The first kappa shape index (κ1) is 10.8. The molecule has 1 rings (SSSR count). The molecule has 0 spiro atoms. The minimum Gasteiger partial charge on any atom is -0.463 e. The maximum atomic E-state index is 10.5. The van der Waals surface area contributed by atoms with Crippen molar-refractivity contribution in [1.82, 2.24) is 0 Å². The molecule has 0 bridgehead atoms. The topological polar surface area (TPSA) is 55.8 Å². The van der Waals surface area contributed by atoms with Crippen molar-refractivity contribution < 1.29 is 19.4 Å². The molecule has 0 saturated heterocycles. The smallest absolute Gasteiger partial charge is 0.302 e. The molecular formula is C10H12O4. The molecule has 0 fully saturated rings. The van der Waals surface area contributed by atoms with Crippen LogP contribution in [0.3, 0.4) is 0 Å². The normalized spacial score (nSPS) is 30.8. The molecule has 1 aliphatic rings. The van der Waals surface area contributed by atoms with Gasteiger partial charge in [0.2, 0.25) is 0 Å². The second-order valence-corrected chi connectivity index (χ2v) is 2.94. The summed E-state index contributed by atoms with van der Waals surface area (Å²) >= 11 is 0. The van der Waals surface area contributed by atoms with E-state index in [0.717, 1.165) is 0 Å². The van der Waals surface area contributed by atoms with Crippen LogP contribution in [0.1, 0.15) is 6.92 Å². The molecule has 1 aliphatic heterocycles.